The number of anilines is 1. The smallest absolute Gasteiger partial charge is 0.260 e. The van der Waals surface area contributed by atoms with E-state index in [-0.39, 0.29) is 23.1 Å². The molecule has 0 aliphatic rings. The third kappa shape index (κ3) is 4.70. The molecule has 0 spiro atoms. The van der Waals surface area contributed by atoms with E-state index in [0.29, 0.717) is 18.0 Å². The number of benzene rings is 2. The number of rotatable bonds is 6. The van der Waals surface area contributed by atoms with E-state index in [1.165, 1.54) is 18.2 Å². The third-order valence-corrected chi connectivity index (χ3v) is 3.36. The summed E-state index contributed by atoms with van der Waals surface area (Å²) in [7, 11) is 0. The lowest BCUT2D eigenvalue weighted by Crippen LogP contribution is -2.28. The molecule has 2 aromatic rings. The first-order valence-corrected chi connectivity index (χ1v) is 7.64. The van der Waals surface area contributed by atoms with Crippen LogP contribution in [0.5, 0.6) is 5.75 Å². The van der Waals surface area contributed by atoms with Crippen molar-refractivity contribution in [3.8, 4) is 5.75 Å². The molecule has 0 aliphatic carbocycles. The Labute approximate surface area is 143 Å². The second-order valence-electron chi connectivity index (χ2n) is 4.82. The van der Waals surface area contributed by atoms with Crippen LogP contribution >= 0.6 is 11.6 Å². The predicted molar refractivity (Wildman–Crippen MR) is 90.0 cm³/mol. The van der Waals surface area contributed by atoms with E-state index in [2.05, 4.69) is 10.6 Å². The number of halogens is 2. The van der Waals surface area contributed by atoms with Gasteiger partial charge in [0.1, 0.15) is 11.6 Å². The molecular formula is C17H16ClFN2O3. The molecule has 0 unspecified atom stereocenters. The molecule has 2 rings (SSSR count). The van der Waals surface area contributed by atoms with Crippen molar-refractivity contribution in [2.24, 2.45) is 0 Å². The van der Waals surface area contributed by atoms with Gasteiger partial charge in [-0.3, -0.25) is 9.59 Å². The Hall–Kier alpha value is -2.60. The highest BCUT2D eigenvalue weighted by Gasteiger charge is 2.15. The van der Waals surface area contributed by atoms with Gasteiger partial charge in [-0.2, -0.15) is 0 Å². The first kappa shape index (κ1) is 17.7. The Morgan fingerprint density at radius 3 is 2.50 bits per heavy atom. The molecule has 2 aromatic carbocycles. The third-order valence-electron chi connectivity index (χ3n) is 3.05. The topological polar surface area (TPSA) is 67.4 Å². The molecule has 7 heteroatoms. The van der Waals surface area contributed by atoms with E-state index < -0.39 is 11.7 Å². The van der Waals surface area contributed by atoms with Gasteiger partial charge in [-0.25, -0.2) is 4.39 Å². The molecule has 0 heterocycles. The van der Waals surface area contributed by atoms with E-state index >= 15 is 0 Å². The van der Waals surface area contributed by atoms with Gasteiger partial charge in [-0.15, -0.1) is 0 Å². The molecule has 24 heavy (non-hydrogen) atoms. The van der Waals surface area contributed by atoms with E-state index in [4.69, 9.17) is 16.3 Å². The fourth-order valence-corrected chi connectivity index (χ4v) is 2.19. The minimum absolute atomic E-state index is 0.0365. The zero-order valence-corrected chi connectivity index (χ0v) is 13.7. The Morgan fingerprint density at radius 2 is 1.88 bits per heavy atom. The van der Waals surface area contributed by atoms with Crippen molar-refractivity contribution in [1.82, 2.24) is 5.32 Å². The van der Waals surface area contributed by atoms with Crippen molar-refractivity contribution in [3.63, 3.8) is 0 Å². The van der Waals surface area contributed by atoms with Crippen LogP contribution in [-0.4, -0.2) is 25.0 Å². The monoisotopic (exact) mass is 350 g/mol. The van der Waals surface area contributed by atoms with Gasteiger partial charge in [0.15, 0.2) is 6.61 Å². The number of ether oxygens (including phenoxy) is 1. The zero-order valence-electron chi connectivity index (χ0n) is 12.9. The number of nitrogens with one attached hydrogen (secondary N) is 2. The summed E-state index contributed by atoms with van der Waals surface area (Å²) in [5.41, 5.74) is 0.236. The van der Waals surface area contributed by atoms with Gasteiger partial charge in [-0.1, -0.05) is 17.7 Å². The molecule has 0 saturated carbocycles. The molecule has 0 radical (unpaired) electrons. The minimum Gasteiger partial charge on any atom is -0.484 e. The van der Waals surface area contributed by atoms with Gasteiger partial charge >= 0.3 is 0 Å². The summed E-state index contributed by atoms with van der Waals surface area (Å²) in [6.45, 7) is 2.26. The average molecular weight is 351 g/mol. The van der Waals surface area contributed by atoms with Crippen LogP contribution in [0, 0.1) is 5.82 Å². The lowest BCUT2D eigenvalue weighted by Gasteiger charge is -2.09. The number of carbonyl (C=O) groups is 2. The number of likely N-dealkylation sites (N-methyl/N-ethyl adjacent to an activating group) is 1. The summed E-state index contributed by atoms with van der Waals surface area (Å²) in [6.07, 6.45) is 0. The summed E-state index contributed by atoms with van der Waals surface area (Å²) in [6, 6.07) is 10.4. The molecule has 0 saturated heterocycles. The number of amides is 2. The molecule has 0 bridgehead atoms. The highest BCUT2D eigenvalue weighted by atomic mass is 35.5. The fraction of sp³-hybridized carbons (Fsp3) is 0.176. The van der Waals surface area contributed by atoms with Crippen molar-refractivity contribution < 1.29 is 18.7 Å². The van der Waals surface area contributed by atoms with Crippen LogP contribution in [0.4, 0.5) is 10.1 Å². The van der Waals surface area contributed by atoms with Crippen LogP contribution in [0.25, 0.3) is 0 Å². The molecule has 126 valence electrons. The number of hydrogen-bond acceptors (Lipinski definition) is 3. The maximum atomic E-state index is 13.7. The first-order chi connectivity index (χ1) is 11.5. The van der Waals surface area contributed by atoms with Gasteiger partial charge in [0.2, 0.25) is 0 Å². The van der Waals surface area contributed by atoms with Crippen molar-refractivity contribution in [3.05, 3.63) is 58.9 Å². The Bertz CT molecular complexity index is 715. The predicted octanol–water partition coefficient (Wildman–Crippen LogP) is 3.25. The summed E-state index contributed by atoms with van der Waals surface area (Å²) in [5.74, 6) is -1.08. The van der Waals surface area contributed by atoms with E-state index in [1.54, 1.807) is 24.3 Å². The number of hydrogen-bond donors (Lipinski definition) is 2. The van der Waals surface area contributed by atoms with Gasteiger partial charge < -0.3 is 15.4 Å². The van der Waals surface area contributed by atoms with Crippen molar-refractivity contribution in [2.75, 3.05) is 18.5 Å². The summed E-state index contributed by atoms with van der Waals surface area (Å²) >= 11 is 5.85. The van der Waals surface area contributed by atoms with Gasteiger partial charge in [-0.05, 0) is 43.3 Å². The van der Waals surface area contributed by atoms with E-state index in [0.717, 1.165) is 0 Å². The van der Waals surface area contributed by atoms with Crippen LogP contribution in [0.2, 0.25) is 5.02 Å². The van der Waals surface area contributed by atoms with Crippen LogP contribution < -0.4 is 15.4 Å². The minimum atomic E-state index is -0.693. The maximum Gasteiger partial charge on any atom is 0.260 e. The molecule has 0 aliphatic heterocycles. The Kier molecular flexibility index (Phi) is 6.14. The molecule has 0 atom stereocenters. The Balaban J connectivity index is 1.99. The standard InChI is InChI=1S/C17H16ClFN2O3/c1-2-20-15(22)10-24-12-8-6-11(7-9-12)21-17(23)16-13(18)4-3-5-14(16)19/h3-9H,2,10H2,1H3,(H,20,22)(H,21,23). The largest absolute Gasteiger partial charge is 0.484 e. The summed E-state index contributed by atoms with van der Waals surface area (Å²) in [5, 5.41) is 5.20. The average Bonchev–Trinajstić information content (AvgIpc) is 2.54. The Morgan fingerprint density at radius 1 is 1.17 bits per heavy atom. The molecule has 2 N–H and O–H groups in total. The second-order valence-corrected chi connectivity index (χ2v) is 5.22. The van der Waals surface area contributed by atoms with Crippen LogP contribution in [-0.2, 0) is 4.79 Å². The van der Waals surface area contributed by atoms with Gasteiger partial charge in [0.25, 0.3) is 11.8 Å². The zero-order chi connectivity index (χ0) is 17.5. The van der Waals surface area contributed by atoms with Gasteiger partial charge in [0.05, 0.1) is 10.6 Å². The first-order valence-electron chi connectivity index (χ1n) is 7.26. The lowest BCUT2D eigenvalue weighted by molar-refractivity contribution is -0.122. The molecule has 5 nitrogen and oxygen atoms in total. The molecular weight excluding hydrogens is 335 g/mol. The van der Waals surface area contributed by atoms with Gasteiger partial charge in [0, 0.05) is 12.2 Å². The molecule has 0 aromatic heterocycles. The molecule has 2 amide bonds. The van der Waals surface area contributed by atoms with E-state index in [9.17, 15) is 14.0 Å². The van der Waals surface area contributed by atoms with Crippen molar-refractivity contribution in [1.29, 1.82) is 0 Å². The van der Waals surface area contributed by atoms with Crippen LogP contribution in [0.1, 0.15) is 17.3 Å². The quantitative estimate of drug-likeness (QED) is 0.840. The highest BCUT2D eigenvalue weighted by Crippen LogP contribution is 2.21. The maximum absolute atomic E-state index is 13.7. The van der Waals surface area contributed by atoms with E-state index in [1.807, 2.05) is 6.92 Å². The van der Waals surface area contributed by atoms with Crippen LogP contribution in [0.15, 0.2) is 42.5 Å². The molecule has 0 fully saturated rings. The SMILES string of the molecule is CCNC(=O)COc1ccc(NC(=O)c2c(F)cccc2Cl)cc1. The van der Waals surface area contributed by atoms with Crippen molar-refractivity contribution >= 4 is 29.1 Å². The normalized spacial score (nSPS) is 10.1. The lowest BCUT2D eigenvalue weighted by atomic mass is 10.2. The highest BCUT2D eigenvalue weighted by molar-refractivity contribution is 6.34. The number of carbonyl (C=O) groups excluding carboxylic acids is 2. The fourth-order valence-electron chi connectivity index (χ4n) is 1.94. The van der Waals surface area contributed by atoms with Crippen LogP contribution in [0.3, 0.4) is 0 Å². The second kappa shape index (κ2) is 8.31. The summed E-state index contributed by atoms with van der Waals surface area (Å²) in [4.78, 5) is 23.4. The van der Waals surface area contributed by atoms with Crippen molar-refractivity contribution in [2.45, 2.75) is 6.92 Å². The summed E-state index contributed by atoms with van der Waals surface area (Å²) < 4.78 is 19.0.